The van der Waals surface area contributed by atoms with Gasteiger partial charge in [0.25, 0.3) is 0 Å². The summed E-state index contributed by atoms with van der Waals surface area (Å²) in [6, 6.07) is 1.44. The smallest absolute Gasteiger partial charge is 0.225 e. The largest absolute Gasteiger partial charge is 0.390 e. The molecule has 2 fully saturated rings. The first-order chi connectivity index (χ1) is 16.9. The highest BCUT2D eigenvalue weighted by Gasteiger charge is 2.45. The zero-order valence-corrected chi connectivity index (χ0v) is 20.8. The van der Waals surface area contributed by atoms with E-state index in [1.807, 2.05) is 19.9 Å². The van der Waals surface area contributed by atoms with Gasteiger partial charge in [0.05, 0.1) is 40.2 Å². The number of aliphatic hydroxyl groups is 2. The van der Waals surface area contributed by atoms with Crippen molar-refractivity contribution in [3.05, 3.63) is 24.2 Å². The van der Waals surface area contributed by atoms with E-state index in [9.17, 15) is 15.0 Å². The van der Waals surface area contributed by atoms with Gasteiger partial charge in [0.1, 0.15) is 22.4 Å². The van der Waals surface area contributed by atoms with E-state index in [2.05, 4.69) is 27.9 Å². The number of aliphatic hydroxyl groups excluding tert-OH is 2. The van der Waals surface area contributed by atoms with Crippen molar-refractivity contribution in [3.8, 4) is 10.6 Å². The molecule has 10 nitrogen and oxygen atoms in total. The van der Waals surface area contributed by atoms with Crippen LogP contribution in [0.4, 0.5) is 11.8 Å². The molecule has 186 valence electrons. The molecule has 0 radical (unpaired) electrons. The van der Waals surface area contributed by atoms with E-state index in [1.54, 1.807) is 12.4 Å². The Labute approximate surface area is 207 Å². The van der Waals surface area contributed by atoms with E-state index in [1.165, 1.54) is 24.2 Å². The van der Waals surface area contributed by atoms with Crippen molar-refractivity contribution in [1.82, 2.24) is 25.3 Å². The lowest BCUT2D eigenvalue weighted by Gasteiger charge is -2.25. The number of amides is 1. The SMILES string of the molecule is CCNC(=O)[C@@H]1C[C@@H](O)[C@@H](O)[C@@H]1Nc1nc(N[C@H](C)C2CC2)nc(C)c1-c1nc2cnccc2s1. The van der Waals surface area contributed by atoms with Gasteiger partial charge in [0, 0.05) is 18.8 Å². The van der Waals surface area contributed by atoms with Gasteiger partial charge in [0.15, 0.2) is 0 Å². The van der Waals surface area contributed by atoms with Gasteiger partial charge in [-0.25, -0.2) is 9.97 Å². The van der Waals surface area contributed by atoms with E-state index >= 15 is 0 Å². The first kappa shape index (κ1) is 23.8. The molecular weight excluding hydrogens is 466 g/mol. The van der Waals surface area contributed by atoms with Gasteiger partial charge < -0.3 is 26.2 Å². The summed E-state index contributed by atoms with van der Waals surface area (Å²) < 4.78 is 0.987. The minimum Gasteiger partial charge on any atom is -0.390 e. The lowest BCUT2D eigenvalue weighted by molar-refractivity contribution is -0.125. The van der Waals surface area contributed by atoms with Crippen molar-refractivity contribution in [3.63, 3.8) is 0 Å². The fourth-order valence-corrected chi connectivity index (χ4v) is 5.78. The third kappa shape index (κ3) is 4.80. The van der Waals surface area contributed by atoms with Crippen LogP contribution >= 0.6 is 11.3 Å². The third-order valence-corrected chi connectivity index (χ3v) is 7.92. The number of hydrogen-bond donors (Lipinski definition) is 5. The number of aromatic nitrogens is 4. The Morgan fingerprint density at radius 1 is 1.26 bits per heavy atom. The van der Waals surface area contributed by atoms with E-state index in [0.717, 1.165) is 20.9 Å². The summed E-state index contributed by atoms with van der Waals surface area (Å²) in [5.74, 6) is 0.755. The molecule has 0 spiro atoms. The van der Waals surface area contributed by atoms with Crippen molar-refractivity contribution in [1.29, 1.82) is 0 Å². The zero-order chi connectivity index (χ0) is 24.7. The number of anilines is 2. The molecule has 5 N–H and O–H groups in total. The monoisotopic (exact) mass is 497 g/mol. The molecule has 11 heteroatoms. The Morgan fingerprint density at radius 3 is 2.77 bits per heavy atom. The Bertz CT molecular complexity index is 1200. The predicted molar refractivity (Wildman–Crippen MR) is 135 cm³/mol. The van der Waals surface area contributed by atoms with Gasteiger partial charge in [-0.15, -0.1) is 11.3 Å². The number of nitrogens with one attached hydrogen (secondary N) is 3. The number of pyridine rings is 1. The van der Waals surface area contributed by atoms with Crippen LogP contribution in [0.5, 0.6) is 0 Å². The first-order valence-electron chi connectivity index (χ1n) is 12.1. The van der Waals surface area contributed by atoms with Crippen LogP contribution in [0, 0.1) is 18.8 Å². The summed E-state index contributed by atoms with van der Waals surface area (Å²) in [5.41, 5.74) is 2.21. The molecule has 0 saturated heterocycles. The quantitative estimate of drug-likeness (QED) is 0.316. The molecule has 3 aromatic rings. The molecule has 0 aromatic carbocycles. The summed E-state index contributed by atoms with van der Waals surface area (Å²) in [5, 5.41) is 31.4. The summed E-state index contributed by atoms with van der Waals surface area (Å²) in [7, 11) is 0. The maximum Gasteiger partial charge on any atom is 0.225 e. The Balaban J connectivity index is 1.55. The molecule has 2 aliphatic carbocycles. The van der Waals surface area contributed by atoms with Crippen LogP contribution in [0.25, 0.3) is 20.8 Å². The lowest BCUT2D eigenvalue weighted by Crippen LogP contribution is -2.43. The van der Waals surface area contributed by atoms with Crippen LogP contribution < -0.4 is 16.0 Å². The zero-order valence-electron chi connectivity index (χ0n) is 20.0. The molecule has 0 bridgehead atoms. The summed E-state index contributed by atoms with van der Waals surface area (Å²) in [4.78, 5) is 31.2. The van der Waals surface area contributed by atoms with Crippen molar-refractivity contribution in [2.75, 3.05) is 17.2 Å². The molecular formula is C24H31N7O3S. The number of rotatable bonds is 8. The summed E-state index contributed by atoms with van der Waals surface area (Å²) in [6.07, 6.45) is 3.87. The molecule has 5 atom stereocenters. The van der Waals surface area contributed by atoms with E-state index in [4.69, 9.17) is 15.0 Å². The van der Waals surface area contributed by atoms with Gasteiger partial charge in [0.2, 0.25) is 11.9 Å². The molecule has 0 unspecified atom stereocenters. The van der Waals surface area contributed by atoms with Gasteiger partial charge >= 0.3 is 0 Å². The second kappa shape index (κ2) is 9.63. The fourth-order valence-electron chi connectivity index (χ4n) is 4.75. The number of hydrogen-bond acceptors (Lipinski definition) is 10. The molecule has 3 heterocycles. The van der Waals surface area contributed by atoms with E-state index < -0.39 is 24.2 Å². The van der Waals surface area contributed by atoms with Gasteiger partial charge in [-0.2, -0.15) is 4.98 Å². The Kier molecular flexibility index (Phi) is 6.56. The van der Waals surface area contributed by atoms with Gasteiger partial charge in [-0.3, -0.25) is 9.78 Å². The van der Waals surface area contributed by atoms with Crippen LogP contribution in [0.2, 0.25) is 0 Å². The van der Waals surface area contributed by atoms with Crippen molar-refractivity contribution in [2.45, 2.75) is 64.3 Å². The average molecular weight is 498 g/mol. The Hall–Kier alpha value is -2.89. The molecule has 3 aromatic heterocycles. The summed E-state index contributed by atoms with van der Waals surface area (Å²) in [6.45, 7) is 6.34. The molecule has 2 saturated carbocycles. The second-order valence-electron chi connectivity index (χ2n) is 9.45. The average Bonchev–Trinajstić information content (AvgIpc) is 3.53. The molecule has 35 heavy (non-hydrogen) atoms. The van der Waals surface area contributed by atoms with Crippen molar-refractivity contribution in [2.24, 2.45) is 11.8 Å². The number of nitrogens with zero attached hydrogens (tertiary/aromatic N) is 4. The van der Waals surface area contributed by atoms with Crippen LogP contribution in [0.1, 0.15) is 38.8 Å². The standard InChI is InChI=1S/C24H31N7O3S/c1-4-26-22(34)14-9-16(32)20(33)19(14)30-21-18(23-29-15-10-25-8-7-17(15)35-23)12(3)28-24(31-21)27-11(2)13-5-6-13/h7-8,10-11,13-14,16,19-20,32-33H,4-6,9H2,1-3H3,(H,26,34)(H2,27,28,30,31)/t11-,14-,16-,19-,20-/m1/s1. The minimum absolute atomic E-state index is 0.167. The molecule has 5 rings (SSSR count). The number of carbonyl (C=O) groups excluding carboxylic acids is 1. The highest BCUT2D eigenvalue weighted by molar-refractivity contribution is 7.21. The fraction of sp³-hybridized carbons (Fsp3) is 0.542. The normalized spacial score (nSPS) is 24.9. The highest BCUT2D eigenvalue weighted by Crippen LogP contribution is 2.39. The highest BCUT2D eigenvalue weighted by atomic mass is 32.1. The van der Waals surface area contributed by atoms with Gasteiger partial charge in [-0.05, 0) is 52.0 Å². The topological polar surface area (TPSA) is 145 Å². The lowest BCUT2D eigenvalue weighted by atomic mass is 10.0. The molecule has 2 aliphatic rings. The first-order valence-corrected chi connectivity index (χ1v) is 12.9. The maximum atomic E-state index is 12.7. The van der Waals surface area contributed by atoms with Crippen molar-refractivity contribution < 1.29 is 15.0 Å². The Morgan fingerprint density at radius 2 is 2.06 bits per heavy atom. The second-order valence-corrected chi connectivity index (χ2v) is 10.5. The third-order valence-electron chi connectivity index (χ3n) is 6.86. The number of carbonyl (C=O) groups is 1. The van der Waals surface area contributed by atoms with E-state index in [-0.39, 0.29) is 18.4 Å². The number of fused-ring (bicyclic) bond motifs is 1. The summed E-state index contributed by atoms with van der Waals surface area (Å²) >= 11 is 1.51. The van der Waals surface area contributed by atoms with Crippen LogP contribution in [0.15, 0.2) is 18.5 Å². The van der Waals surface area contributed by atoms with Crippen molar-refractivity contribution >= 4 is 39.2 Å². The maximum absolute atomic E-state index is 12.7. The number of thiazole rings is 1. The van der Waals surface area contributed by atoms with Crippen LogP contribution in [-0.2, 0) is 4.79 Å². The molecule has 1 amide bonds. The molecule has 0 aliphatic heterocycles. The number of aryl methyl sites for hydroxylation is 1. The predicted octanol–water partition coefficient (Wildman–Crippen LogP) is 2.33. The minimum atomic E-state index is -1.12. The van der Waals surface area contributed by atoms with E-state index in [0.29, 0.717) is 29.8 Å². The van der Waals surface area contributed by atoms with Crippen LogP contribution in [-0.4, -0.2) is 66.9 Å². The van der Waals surface area contributed by atoms with Crippen LogP contribution in [0.3, 0.4) is 0 Å². The van der Waals surface area contributed by atoms with Gasteiger partial charge in [-0.1, -0.05) is 0 Å².